The summed E-state index contributed by atoms with van der Waals surface area (Å²) in [5.74, 6) is 1.75. The van der Waals surface area contributed by atoms with E-state index in [0.717, 1.165) is 50.9 Å². The number of anilines is 3. The molecule has 3 heteroatoms. The molecule has 1 aliphatic carbocycles. The van der Waals surface area contributed by atoms with E-state index in [0.29, 0.717) is 0 Å². The van der Waals surface area contributed by atoms with Crippen LogP contribution in [0.15, 0.2) is 218 Å². The van der Waals surface area contributed by atoms with Gasteiger partial charge in [-0.05, 0) is 99.1 Å². The molecular formula is C57H36N2O. The molecule has 280 valence electrons. The quantitative estimate of drug-likeness (QED) is 0.178. The minimum Gasteiger partial charge on any atom is -0.457 e. The topological polar surface area (TPSA) is 17.4 Å². The van der Waals surface area contributed by atoms with Gasteiger partial charge in [0.1, 0.15) is 11.5 Å². The highest BCUT2D eigenvalue weighted by Crippen LogP contribution is 2.62. The third-order valence-corrected chi connectivity index (χ3v) is 13.0. The van der Waals surface area contributed by atoms with Crippen molar-refractivity contribution in [1.82, 2.24) is 4.57 Å². The lowest BCUT2D eigenvalue weighted by atomic mass is 9.58. The maximum atomic E-state index is 6.95. The summed E-state index contributed by atoms with van der Waals surface area (Å²) in [6, 6.07) is 79.8. The van der Waals surface area contributed by atoms with Crippen molar-refractivity contribution in [1.29, 1.82) is 0 Å². The number of benzene rings is 10. The van der Waals surface area contributed by atoms with Crippen molar-refractivity contribution in [2.45, 2.75) is 5.41 Å². The van der Waals surface area contributed by atoms with Crippen LogP contribution in [0.5, 0.6) is 11.5 Å². The number of para-hydroxylation sites is 3. The fourth-order valence-electron chi connectivity index (χ4n) is 10.6. The van der Waals surface area contributed by atoms with Gasteiger partial charge >= 0.3 is 0 Å². The van der Waals surface area contributed by atoms with Crippen molar-refractivity contribution < 1.29 is 4.74 Å². The zero-order valence-corrected chi connectivity index (χ0v) is 32.6. The first-order valence-electron chi connectivity index (χ1n) is 20.7. The zero-order chi connectivity index (χ0) is 39.4. The first-order valence-corrected chi connectivity index (χ1v) is 20.7. The molecule has 0 bridgehead atoms. The maximum Gasteiger partial charge on any atom is 0.132 e. The Morgan fingerprint density at radius 2 is 1.00 bits per heavy atom. The van der Waals surface area contributed by atoms with Gasteiger partial charge in [-0.2, -0.15) is 0 Å². The van der Waals surface area contributed by atoms with Crippen LogP contribution in [0, 0.1) is 0 Å². The molecule has 1 unspecified atom stereocenters. The van der Waals surface area contributed by atoms with E-state index < -0.39 is 5.41 Å². The second-order valence-corrected chi connectivity index (χ2v) is 16.0. The van der Waals surface area contributed by atoms with Crippen LogP contribution in [-0.2, 0) is 5.41 Å². The van der Waals surface area contributed by atoms with Crippen LogP contribution in [0.4, 0.5) is 17.1 Å². The Hall–Kier alpha value is -7.88. The Morgan fingerprint density at radius 1 is 0.383 bits per heavy atom. The van der Waals surface area contributed by atoms with Gasteiger partial charge in [0.15, 0.2) is 0 Å². The Labute approximate surface area is 347 Å². The third kappa shape index (κ3) is 4.49. The highest BCUT2D eigenvalue weighted by Gasteiger charge is 2.49. The lowest BCUT2D eigenvalue weighted by molar-refractivity contribution is 0.435. The number of fused-ring (bicyclic) bond motifs is 12. The monoisotopic (exact) mass is 764 g/mol. The van der Waals surface area contributed by atoms with Crippen molar-refractivity contribution in [2.75, 3.05) is 4.90 Å². The van der Waals surface area contributed by atoms with Gasteiger partial charge in [-0.1, -0.05) is 158 Å². The lowest BCUT2D eigenvalue weighted by Crippen LogP contribution is -2.36. The molecule has 0 fully saturated rings. The molecule has 2 heterocycles. The third-order valence-electron chi connectivity index (χ3n) is 13.0. The van der Waals surface area contributed by atoms with Crippen LogP contribution < -0.4 is 9.64 Å². The molecular weight excluding hydrogens is 729 g/mol. The van der Waals surface area contributed by atoms with Gasteiger partial charge in [0.2, 0.25) is 0 Å². The van der Waals surface area contributed by atoms with E-state index in [4.69, 9.17) is 4.74 Å². The zero-order valence-electron chi connectivity index (χ0n) is 32.6. The molecule has 13 rings (SSSR count). The molecule has 11 aromatic rings. The Kier molecular flexibility index (Phi) is 6.93. The summed E-state index contributed by atoms with van der Waals surface area (Å²) in [5, 5.41) is 7.35. The Bertz CT molecular complexity index is 3540. The molecule has 3 nitrogen and oxygen atoms in total. The molecule has 1 spiro atoms. The van der Waals surface area contributed by atoms with E-state index in [2.05, 4.69) is 228 Å². The van der Waals surface area contributed by atoms with E-state index in [1.807, 2.05) is 0 Å². The predicted octanol–water partition coefficient (Wildman–Crippen LogP) is 15.0. The predicted molar refractivity (Wildman–Crippen MR) is 248 cm³/mol. The molecule has 1 aromatic heterocycles. The molecule has 10 aromatic carbocycles. The van der Waals surface area contributed by atoms with Gasteiger partial charge in [0, 0.05) is 44.3 Å². The first-order chi connectivity index (χ1) is 29.8. The molecule has 0 radical (unpaired) electrons. The second kappa shape index (κ2) is 12.6. The lowest BCUT2D eigenvalue weighted by Gasteiger charge is -2.45. The van der Waals surface area contributed by atoms with E-state index in [1.54, 1.807) is 0 Å². The summed E-state index contributed by atoms with van der Waals surface area (Å²) >= 11 is 0. The second-order valence-electron chi connectivity index (χ2n) is 16.0. The normalized spacial score (nSPS) is 14.9. The van der Waals surface area contributed by atoms with Crippen LogP contribution >= 0.6 is 0 Å². The number of ether oxygens (including phenoxy) is 1. The highest BCUT2D eigenvalue weighted by atomic mass is 16.5. The standard InChI is InChI=1S/C57H36N2O/c1-2-19-39(20-3-1)59-52-28-10-7-23-44(52)45-33-31-41(36-53(45)59)58(51-29-14-16-37-15-4-5-21-42(37)51)40-32-34-55-50(35-40)57(48-26-9-11-30-54(48)60-55)47-25-8-6-22-43(47)46-24-12-17-38-18-13-27-49(57)56(38)46/h1-36H. The summed E-state index contributed by atoms with van der Waals surface area (Å²) < 4.78 is 9.36. The van der Waals surface area contributed by atoms with Crippen molar-refractivity contribution >= 4 is 60.4 Å². The molecule has 1 atom stereocenters. The average Bonchev–Trinajstić information content (AvgIpc) is 3.64. The van der Waals surface area contributed by atoms with Crippen molar-refractivity contribution in [3.63, 3.8) is 0 Å². The summed E-state index contributed by atoms with van der Waals surface area (Å²) in [6.45, 7) is 0. The fraction of sp³-hybridized carbons (Fsp3) is 0.0175. The Morgan fingerprint density at radius 3 is 1.92 bits per heavy atom. The van der Waals surface area contributed by atoms with Crippen LogP contribution in [0.2, 0.25) is 0 Å². The minimum atomic E-state index is -0.654. The highest BCUT2D eigenvalue weighted by molar-refractivity contribution is 6.11. The number of nitrogens with zero attached hydrogens (tertiary/aromatic N) is 2. The first kappa shape index (κ1) is 33.1. The SMILES string of the molecule is c1ccc(-n2c3ccccc3c3ccc(N(c4ccc5c(c4)C4(c6ccccc6O5)c5ccccc5-c5cccc6cccc4c56)c4cccc5ccccc45)cc32)cc1. The van der Waals surface area contributed by atoms with Crippen LogP contribution in [0.25, 0.3) is 60.2 Å². The largest absolute Gasteiger partial charge is 0.457 e. The molecule has 1 aliphatic heterocycles. The molecule has 2 aliphatic rings. The van der Waals surface area contributed by atoms with E-state index in [-0.39, 0.29) is 0 Å². The van der Waals surface area contributed by atoms with Gasteiger partial charge in [0.25, 0.3) is 0 Å². The van der Waals surface area contributed by atoms with Gasteiger partial charge in [-0.3, -0.25) is 0 Å². The van der Waals surface area contributed by atoms with Crippen LogP contribution in [-0.4, -0.2) is 4.57 Å². The van der Waals surface area contributed by atoms with Crippen LogP contribution in [0.3, 0.4) is 0 Å². The van der Waals surface area contributed by atoms with Gasteiger partial charge < -0.3 is 14.2 Å². The van der Waals surface area contributed by atoms with E-state index in [9.17, 15) is 0 Å². The van der Waals surface area contributed by atoms with Crippen molar-refractivity contribution in [3.8, 4) is 28.3 Å². The van der Waals surface area contributed by atoms with Crippen LogP contribution in [0.1, 0.15) is 22.3 Å². The van der Waals surface area contributed by atoms with Gasteiger partial charge in [-0.15, -0.1) is 0 Å². The minimum absolute atomic E-state index is 0.654. The van der Waals surface area contributed by atoms with Crippen molar-refractivity contribution in [3.05, 3.63) is 241 Å². The fourth-order valence-corrected chi connectivity index (χ4v) is 10.6. The van der Waals surface area contributed by atoms with E-state index >= 15 is 0 Å². The van der Waals surface area contributed by atoms with Gasteiger partial charge in [0.05, 0.1) is 22.1 Å². The average molecular weight is 765 g/mol. The van der Waals surface area contributed by atoms with Gasteiger partial charge in [-0.25, -0.2) is 0 Å². The Balaban J connectivity index is 1.13. The smallest absolute Gasteiger partial charge is 0.132 e. The van der Waals surface area contributed by atoms with E-state index in [1.165, 1.54) is 60.1 Å². The molecule has 0 amide bonds. The molecule has 0 saturated carbocycles. The number of hydrogen-bond donors (Lipinski definition) is 0. The molecule has 0 N–H and O–H groups in total. The summed E-state index contributed by atoms with van der Waals surface area (Å²) in [5.41, 5.74) is 13.4. The maximum absolute atomic E-state index is 6.95. The van der Waals surface area contributed by atoms with Crippen molar-refractivity contribution in [2.24, 2.45) is 0 Å². The summed E-state index contributed by atoms with van der Waals surface area (Å²) in [7, 11) is 0. The molecule has 60 heavy (non-hydrogen) atoms. The number of hydrogen-bond acceptors (Lipinski definition) is 2. The summed E-state index contributed by atoms with van der Waals surface area (Å²) in [4.78, 5) is 2.45. The molecule has 0 saturated heterocycles. The number of aromatic nitrogens is 1. The number of rotatable bonds is 4. The summed E-state index contributed by atoms with van der Waals surface area (Å²) in [6.07, 6.45) is 0.